The third-order valence-electron chi connectivity index (χ3n) is 6.13. The van der Waals surface area contributed by atoms with Gasteiger partial charge in [-0.1, -0.05) is 6.07 Å². The van der Waals surface area contributed by atoms with E-state index in [1.165, 1.54) is 12.1 Å². The van der Waals surface area contributed by atoms with Gasteiger partial charge in [-0.25, -0.2) is 28.0 Å². The van der Waals surface area contributed by atoms with Crippen molar-refractivity contribution in [3.8, 4) is 0 Å². The van der Waals surface area contributed by atoms with E-state index in [4.69, 9.17) is 9.88 Å². The molecule has 1 aliphatic rings. The Kier molecular flexibility index (Phi) is 7.46. The first-order chi connectivity index (χ1) is 17.0. The van der Waals surface area contributed by atoms with Gasteiger partial charge < -0.3 is 15.4 Å². The first-order valence-corrected chi connectivity index (χ1v) is 13.6. The molecule has 4 rings (SSSR count). The van der Waals surface area contributed by atoms with Gasteiger partial charge in [0, 0.05) is 25.0 Å². The lowest BCUT2D eigenvalue weighted by atomic mass is 9.82. The number of hydrogen-bond acceptors (Lipinski definition) is 8. The first-order valence-electron chi connectivity index (χ1n) is 12.0. The maximum absolute atomic E-state index is 11.9. The summed E-state index contributed by atoms with van der Waals surface area (Å²) >= 11 is 0. The highest BCUT2D eigenvalue weighted by Gasteiger charge is 2.24. The fraction of sp³-hybridized carbons (Fsp3) is 0.500. The van der Waals surface area contributed by atoms with Crippen molar-refractivity contribution in [3.05, 3.63) is 36.7 Å². The van der Waals surface area contributed by atoms with Crippen LogP contribution in [-0.4, -0.2) is 46.4 Å². The highest BCUT2D eigenvalue weighted by molar-refractivity contribution is 7.89. The first kappa shape index (κ1) is 25.8. The number of fused-ring (bicyclic) bond motifs is 1. The Bertz CT molecular complexity index is 1330. The van der Waals surface area contributed by atoms with Crippen LogP contribution in [0.25, 0.3) is 11.0 Å². The fourth-order valence-electron chi connectivity index (χ4n) is 4.34. The van der Waals surface area contributed by atoms with Crippen LogP contribution >= 0.6 is 0 Å². The zero-order chi connectivity index (χ0) is 25.9. The number of aromatic nitrogens is 4. The number of hydrogen-bond donors (Lipinski definition) is 3. The Morgan fingerprint density at radius 3 is 2.58 bits per heavy atom. The highest BCUT2D eigenvalue weighted by Crippen LogP contribution is 2.30. The van der Waals surface area contributed by atoms with Gasteiger partial charge in [-0.2, -0.15) is 10.1 Å². The number of alkyl carbamates (subject to hydrolysis) is 1. The summed E-state index contributed by atoms with van der Waals surface area (Å²) in [6.07, 6.45) is 7.21. The summed E-state index contributed by atoms with van der Waals surface area (Å²) in [5.41, 5.74) is 0.733. The van der Waals surface area contributed by atoms with Crippen LogP contribution in [0.4, 0.5) is 16.4 Å². The smallest absolute Gasteiger partial charge is 0.407 e. The summed E-state index contributed by atoms with van der Waals surface area (Å²) in [5, 5.41) is 16.5. The Hall–Kier alpha value is -3.25. The number of sulfonamides is 1. The molecule has 0 aliphatic heterocycles. The highest BCUT2D eigenvalue weighted by atomic mass is 32.2. The standard InChI is InChI=1S/C24H33N7O4S/c1-24(2,3)35-23(32)27-12-16-7-9-17(10-8-16)15-31-21-18(14-28-31)13-26-22(30-21)29-19-5-4-6-20(11-19)36(25,33)34/h4-6,11,13-14,16-17H,7-10,12,15H2,1-3H3,(H,27,32)(H2,25,33,34)(H,26,29,30)/t16-,17-. The average Bonchev–Trinajstić information content (AvgIpc) is 3.19. The van der Waals surface area contributed by atoms with Gasteiger partial charge in [0.25, 0.3) is 0 Å². The van der Waals surface area contributed by atoms with E-state index in [2.05, 4.69) is 25.7 Å². The van der Waals surface area contributed by atoms with E-state index in [1.807, 2.05) is 25.5 Å². The van der Waals surface area contributed by atoms with Gasteiger partial charge in [-0.05, 0) is 76.5 Å². The molecule has 1 amide bonds. The molecule has 11 nitrogen and oxygen atoms in total. The minimum atomic E-state index is -3.81. The van der Waals surface area contributed by atoms with Crippen LogP contribution in [0, 0.1) is 11.8 Å². The van der Waals surface area contributed by atoms with Crippen molar-refractivity contribution in [2.24, 2.45) is 17.0 Å². The number of benzene rings is 1. The van der Waals surface area contributed by atoms with E-state index < -0.39 is 15.6 Å². The van der Waals surface area contributed by atoms with Crippen molar-refractivity contribution < 1.29 is 17.9 Å². The summed E-state index contributed by atoms with van der Waals surface area (Å²) in [6, 6.07) is 6.19. The lowest BCUT2D eigenvalue weighted by Gasteiger charge is -2.29. The van der Waals surface area contributed by atoms with Crippen LogP contribution in [0.3, 0.4) is 0 Å². The number of nitrogens with one attached hydrogen (secondary N) is 2. The second-order valence-electron chi connectivity index (χ2n) is 10.3. The van der Waals surface area contributed by atoms with E-state index in [1.54, 1.807) is 24.5 Å². The van der Waals surface area contributed by atoms with Gasteiger partial charge in [0.2, 0.25) is 16.0 Å². The molecule has 1 aromatic carbocycles. The predicted molar refractivity (Wildman–Crippen MR) is 136 cm³/mol. The number of anilines is 2. The molecule has 1 aliphatic carbocycles. The minimum Gasteiger partial charge on any atom is -0.444 e. The molecule has 2 aromatic heterocycles. The van der Waals surface area contributed by atoms with Crippen LogP contribution in [0.5, 0.6) is 0 Å². The Morgan fingerprint density at radius 2 is 1.89 bits per heavy atom. The number of carbonyl (C=O) groups is 1. The minimum absolute atomic E-state index is 0.00974. The van der Waals surface area contributed by atoms with Gasteiger partial charge in [-0.15, -0.1) is 0 Å². The summed E-state index contributed by atoms with van der Waals surface area (Å²) in [7, 11) is -3.81. The molecule has 0 radical (unpaired) electrons. The van der Waals surface area contributed by atoms with Crippen LogP contribution < -0.4 is 15.8 Å². The van der Waals surface area contributed by atoms with Gasteiger partial charge >= 0.3 is 6.09 Å². The molecule has 36 heavy (non-hydrogen) atoms. The molecule has 1 saturated carbocycles. The second-order valence-corrected chi connectivity index (χ2v) is 11.8. The molecule has 4 N–H and O–H groups in total. The number of primary sulfonamides is 1. The Labute approximate surface area is 210 Å². The summed E-state index contributed by atoms with van der Waals surface area (Å²) in [4.78, 5) is 20.9. The molecule has 3 aromatic rings. The third kappa shape index (κ3) is 6.91. The number of ether oxygens (including phenoxy) is 1. The number of nitrogens with zero attached hydrogens (tertiary/aromatic N) is 4. The Balaban J connectivity index is 1.35. The van der Waals surface area contributed by atoms with Crippen molar-refractivity contribution in [1.29, 1.82) is 0 Å². The molecular formula is C24H33N7O4S. The average molecular weight is 516 g/mol. The van der Waals surface area contributed by atoms with Crippen LogP contribution in [0.2, 0.25) is 0 Å². The maximum atomic E-state index is 11.9. The van der Waals surface area contributed by atoms with Gasteiger partial charge in [0.15, 0.2) is 5.65 Å². The quantitative estimate of drug-likeness (QED) is 0.432. The number of carbonyl (C=O) groups excluding carboxylic acids is 1. The van der Waals surface area contributed by atoms with Gasteiger partial charge in [0.05, 0.1) is 16.5 Å². The molecule has 0 bridgehead atoms. The lowest BCUT2D eigenvalue weighted by molar-refractivity contribution is 0.0513. The van der Waals surface area contributed by atoms with Crippen molar-refractivity contribution in [1.82, 2.24) is 25.1 Å². The zero-order valence-corrected chi connectivity index (χ0v) is 21.6. The summed E-state index contributed by atoms with van der Waals surface area (Å²) in [6.45, 7) is 6.93. The van der Waals surface area contributed by atoms with Crippen molar-refractivity contribution in [2.75, 3.05) is 11.9 Å². The molecular weight excluding hydrogens is 482 g/mol. The van der Waals surface area contributed by atoms with Crippen LogP contribution in [0.1, 0.15) is 46.5 Å². The zero-order valence-electron chi connectivity index (χ0n) is 20.8. The largest absolute Gasteiger partial charge is 0.444 e. The molecule has 12 heteroatoms. The van der Waals surface area contributed by atoms with Crippen molar-refractivity contribution in [2.45, 2.75) is 63.5 Å². The Morgan fingerprint density at radius 1 is 1.17 bits per heavy atom. The van der Waals surface area contributed by atoms with E-state index in [0.717, 1.165) is 37.6 Å². The van der Waals surface area contributed by atoms with E-state index in [-0.39, 0.29) is 11.0 Å². The molecule has 0 spiro atoms. The van der Waals surface area contributed by atoms with Crippen molar-refractivity contribution >= 4 is 38.8 Å². The summed E-state index contributed by atoms with van der Waals surface area (Å²) in [5.74, 6) is 1.24. The topological polar surface area (TPSA) is 154 Å². The fourth-order valence-corrected chi connectivity index (χ4v) is 4.90. The van der Waals surface area contributed by atoms with Gasteiger partial charge in [-0.3, -0.25) is 0 Å². The van der Waals surface area contributed by atoms with E-state index >= 15 is 0 Å². The third-order valence-corrected chi connectivity index (χ3v) is 7.04. The molecule has 1 fully saturated rings. The number of amides is 1. The number of rotatable bonds is 7. The second kappa shape index (κ2) is 10.4. The molecule has 2 heterocycles. The molecule has 0 saturated heterocycles. The normalized spacial score (nSPS) is 18.7. The van der Waals surface area contributed by atoms with E-state index in [0.29, 0.717) is 35.7 Å². The maximum Gasteiger partial charge on any atom is 0.407 e. The monoisotopic (exact) mass is 515 g/mol. The van der Waals surface area contributed by atoms with Crippen LogP contribution in [-0.2, 0) is 21.3 Å². The van der Waals surface area contributed by atoms with Crippen molar-refractivity contribution in [3.63, 3.8) is 0 Å². The SMILES string of the molecule is CC(C)(C)OC(=O)NC[C@H]1CC[C@H](Cn2ncc3cnc(Nc4cccc(S(N)(=O)=O)c4)nc32)CC1. The van der Waals surface area contributed by atoms with Crippen LogP contribution in [0.15, 0.2) is 41.6 Å². The van der Waals surface area contributed by atoms with Gasteiger partial charge in [0.1, 0.15) is 5.60 Å². The number of nitrogens with two attached hydrogens (primary N) is 1. The van der Waals surface area contributed by atoms with E-state index in [9.17, 15) is 13.2 Å². The molecule has 194 valence electrons. The molecule has 0 atom stereocenters. The summed E-state index contributed by atoms with van der Waals surface area (Å²) < 4.78 is 30.5. The lowest BCUT2D eigenvalue weighted by Crippen LogP contribution is -2.36. The molecule has 0 unspecified atom stereocenters. The predicted octanol–water partition coefficient (Wildman–Crippen LogP) is 3.55.